The molecular formula is C10H4N8S2. The number of thioether (sulfide) groups is 1. The average molecular weight is 300 g/mol. The Hall–Kier alpha value is -2.33. The molecule has 2 aliphatic rings. The molecule has 0 bridgehead atoms. The Balaban J connectivity index is 1.71. The van der Waals surface area contributed by atoms with Crippen LogP contribution in [0.4, 0.5) is 0 Å². The van der Waals surface area contributed by atoms with Crippen molar-refractivity contribution in [3.05, 3.63) is 12.7 Å². The largest absolute Gasteiger partial charge is 0.341 e. The molecule has 1 N–H and O–H groups in total. The molecule has 4 rings (SSSR count). The Kier molecular flexibility index (Phi) is 2.50. The van der Waals surface area contributed by atoms with Gasteiger partial charge < -0.3 is 4.98 Å². The molecule has 0 saturated carbocycles. The van der Waals surface area contributed by atoms with Crippen molar-refractivity contribution in [2.24, 2.45) is 20.0 Å². The van der Waals surface area contributed by atoms with Gasteiger partial charge in [-0.1, -0.05) is 0 Å². The van der Waals surface area contributed by atoms with E-state index >= 15 is 0 Å². The van der Waals surface area contributed by atoms with Crippen LogP contribution >= 0.6 is 24.0 Å². The highest BCUT2D eigenvalue weighted by Crippen LogP contribution is 2.25. The van der Waals surface area contributed by atoms with E-state index < -0.39 is 0 Å². The average Bonchev–Trinajstić information content (AvgIpc) is 3.04. The van der Waals surface area contributed by atoms with E-state index in [1.165, 1.54) is 18.1 Å². The Bertz CT molecular complexity index is 859. The summed E-state index contributed by atoms with van der Waals surface area (Å²) in [5.41, 5.74) is 1.96. The first-order valence-corrected chi connectivity index (χ1v) is 6.68. The van der Waals surface area contributed by atoms with Gasteiger partial charge in [-0.3, -0.25) is 0 Å². The van der Waals surface area contributed by atoms with Crippen molar-refractivity contribution >= 4 is 63.2 Å². The van der Waals surface area contributed by atoms with Gasteiger partial charge in [-0.25, -0.2) is 29.9 Å². The van der Waals surface area contributed by atoms with Gasteiger partial charge in [0.25, 0.3) is 0 Å². The first-order chi connectivity index (χ1) is 9.79. The number of hydrogen-bond donors (Lipinski definition) is 1. The molecule has 4 heterocycles. The van der Waals surface area contributed by atoms with Crippen LogP contribution in [0.15, 0.2) is 37.7 Å². The van der Waals surface area contributed by atoms with E-state index in [2.05, 4.69) is 39.9 Å². The second-order valence-electron chi connectivity index (χ2n) is 3.75. The summed E-state index contributed by atoms with van der Waals surface area (Å²) in [6.45, 7) is 0. The van der Waals surface area contributed by atoms with E-state index in [0.29, 0.717) is 27.4 Å². The molecule has 0 amide bonds. The van der Waals surface area contributed by atoms with Gasteiger partial charge in [0.05, 0.1) is 12.5 Å². The fourth-order valence-electron chi connectivity index (χ4n) is 1.68. The lowest BCUT2D eigenvalue weighted by molar-refractivity contribution is 1.09. The van der Waals surface area contributed by atoms with Crippen LogP contribution in [0.2, 0.25) is 0 Å². The van der Waals surface area contributed by atoms with Crippen LogP contribution in [0.3, 0.4) is 0 Å². The number of rotatable bonds is 1. The summed E-state index contributed by atoms with van der Waals surface area (Å²) in [6, 6.07) is 0. The number of aromatic amines is 1. The van der Waals surface area contributed by atoms with Crippen LogP contribution in [0.25, 0.3) is 11.2 Å². The normalized spacial score (nSPS) is 17.0. The topological polar surface area (TPSA) is 104 Å². The maximum atomic E-state index is 4.90. The summed E-state index contributed by atoms with van der Waals surface area (Å²) >= 11 is 6.21. The molecule has 8 nitrogen and oxygen atoms in total. The van der Waals surface area contributed by atoms with E-state index in [9.17, 15) is 0 Å². The Morgan fingerprint density at radius 1 is 1.10 bits per heavy atom. The van der Waals surface area contributed by atoms with Crippen molar-refractivity contribution in [2.45, 2.75) is 5.03 Å². The Morgan fingerprint density at radius 2 is 2.05 bits per heavy atom. The fourth-order valence-corrected chi connectivity index (χ4v) is 2.62. The zero-order valence-corrected chi connectivity index (χ0v) is 11.3. The molecule has 0 unspecified atom stereocenters. The second kappa shape index (κ2) is 4.35. The molecule has 0 fully saturated rings. The highest BCUT2D eigenvalue weighted by molar-refractivity contribution is 8.14. The van der Waals surface area contributed by atoms with Crippen LogP contribution in [0.5, 0.6) is 0 Å². The first-order valence-electron chi connectivity index (χ1n) is 5.46. The number of aromatic nitrogens is 4. The van der Waals surface area contributed by atoms with Gasteiger partial charge in [-0.05, 0) is 24.0 Å². The van der Waals surface area contributed by atoms with Crippen molar-refractivity contribution in [1.29, 1.82) is 0 Å². The van der Waals surface area contributed by atoms with Gasteiger partial charge in [0.15, 0.2) is 16.7 Å². The molecule has 0 aliphatic carbocycles. The van der Waals surface area contributed by atoms with Crippen molar-refractivity contribution in [3.8, 4) is 0 Å². The second-order valence-corrected chi connectivity index (χ2v) is 5.07. The number of imidazole rings is 1. The minimum Gasteiger partial charge on any atom is -0.341 e. The molecule has 0 radical (unpaired) electrons. The number of aliphatic imine (C=N–C) groups is 4. The van der Waals surface area contributed by atoms with Crippen LogP contribution in [0, 0.1) is 0 Å². The van der Waals surface area contributed by atoms with E-state index in [4.69, 9.17) is 12.2 Å². The lowest BCUT2D eigenvalue weighted by Crippen LogP contribution is -2.15. The summed E-state index contributed by atoms with van der Waals surface area (Å²) in [4.78, 5) is 31.9. The van der Waals surface area contributed by atoms with E-state index in [1.54, 1.807) is 12.5 Å². The van der Waals surface area contributed by atoms with Crippen LogP contribution in [-0.2, 0) is 0 Å². The van der Waals surface area contributed by atoms with Gasteiger partial charge in [0, 0.05) is 0 Å². The van der Waals surface area contributed by atoms with Gasteiger partial charge in [-0.2, -0.15) is 4.99 Å². The summed E-state index contributed by atoms with van der Waals surface area (Å²) in [5, 5.41) is 1.49. The fraction of sp³-hybridized carbons (Fsp3) is 0. The molecule has 0 aromatic carbocycles. The quantitative estimate of drug-likeness (QED) is 0.625. The van der Waals surface area contributed by atoms with E-state index in [-0.39, 0.29) is 5.11 Å². The van der Waals surface area contributed by atoms with Crippen molar-refractivity contribution in [3.63, 3.8) is 0 Å². The molecule has 2 aromatic rings. The summed E-state index contributed by atoms with van der Waals surface area (Å²) < 4.78 is 0. The molecular weight excluding hydrogens is 296 g/mol. The number of fused-ring (bicyclic) bond motifs is 2. The number of thiocarbonyl (C=S) groups is 1. The number of hydrogen-bond acceptors (Lipinski definition) is 7. The van der Waals surface area contributed by atoms with Crippen LogP contribution in [-0.4, -0.2) is 48.0 Å². The molecule has 2 aliphatic heterocycles. The lowest BCUT2D eigenvalue weighted by atomic mass is 10.3. The van der Waals surface area contributed by atoms with Crippen LogP contribution < -0.4 is 0 Å². The zero-order chi connectivity index (χ0) is 13.5. The third kappa shape index (κ3) is 1.85. The zero-order valence-electron chi connectivity index (χ0n) is 9.68. The number of nitrogens with zero attached hydrogens (tertiary/aromatic N) is 7. The summed E-state index contributed by atoms with van der Waals surface area (Å²) in [5.74, 6) is 0.488. The predicted octanol–water partition coefficient (Wildman–Crippen LogP) is 1.02. The van der Waals surface area contributed by atoms with Crippen molar-refractivity contribution in [1.82, 2.24) is 19.9 Å². The van der Waals surface area contributed by atoms with E-state index in [1.807, 2.05) is 0 Å². The third-order valence-electron chi connectivity index (χ3n) is 2.52. The minimum absolute atomic E-state index is 0.256. The van der Waals surface area contributed by atoms with Gasteiger partial charge in [0.1, 0.15) is 22.6 Å². The molecule has 10 heteroatoms. The van der Waals surface area contributed by atoms with E-state index in [0.717, 1.165) is 5.52 Å². The standard InChI is InChI=1S/C10H4N8S2/c19-9-11-1-4-6(17-9)18-10(16-4)20-8-5-7(13-2-12-5)14-3-15-8/h1-3H,(H,12,13,14,15). The highest BCUT2D eigenvalue weighted by atomic mass is 32.2. The van der Waals surface area contributed by atoms with Crippen molar-refractivity contribution < 1.29 is 0 Å². The summed E-state index contributed by atoms with van der Waals surface area (Å²) in [7, 11) is 0. The summed E-state index contributed by atoms with van der Waals surface area (Å²) in [6.07, 6.45) is 4.59. The lowest BCUT2D eigenvalue weighted by Gasteiger charge is -1.97. The minimum atomic E-state index is 0.256. The predicted molar refractivity (Wildman–Crippen MR) is 80.9 cm³/mol. The Labute approximate surface area is 121 Å². The molecule has 0 saturated heterocycles. The van der Waals surface area contributed by atoms with Crippen molar-refractivity contribution in [2.75, 3.05) is 0 Å². The number of amidine groups is 2. The molecule has 0 spiro atoms. The third-order valence-corrected chi connectivity index (χ3v) is 3.59. The molecule has 96 valence electrons. The molecule has 20 heavy (non-hydrogen) atoms. The monoisotopic (exact) mass is 300 g/mol. The maximum Gasteiger partial charge on any atom is 0.221 e. The Morgan fingerprint density at radius 3 is 3.00 bits per heavy atom. The van der Waals surface area contributed by atoms with Gasteiger partial charge >= 0.3 is 0 Å². The molecule has 2 aromatic heterocycles. The number of H-pyrrole nitrogens is 1. The van der Waals surface area contributed by atoms with Crippen LogP contribution in [0.1, 0.15) is 0 Å². The SMILES string of the molecule is S=C1N=CC2=NC(Sc3ncnc4nc[nH]c34)=NC2=N1. The first kappa shape index (κ1) is 11.5. The molecule has 0 atom stereocenters. The maximum absolute atomic E-state index is 4.90. The van der Waals surface area contributed by atoms with Gasteiger partial charge in [0.2, 0.25) is 5.11 Å². The number of nitrogens with one attached hydrogen (secondary N) is 1. The smallest absolute Gasteiger partial charge is 0.221 e. The van der Waals surface area contributed by atoms with Gasteiger partial charge in [-0.15, -0.1) is 0 Å². The highest BCUT2D eigenvalue weighted by Gasteiger charge is 2.21.